The Balaban J connectivity index is 1.21. The second kappa shape index (κ2) is 9.43. The zero-order valence-electron chi connectivity index (χ0n) is 18.3. The number of hydrogen-bond donors (Lipinski definition) is 1. The fourth-order valence-electron chi connectivity index (χ4n) is 4.24. The molecule has 0 aliphatic heterocycles. The minimum Gasteiger partial charge on any atom is -0.493 e. The maximum Gasteiger partial charge on any atom is 0.223 e. The van der Waals surface area contributed by atoms with Gasteiger partial charge in [-0.25, -0.2) is 4.98 Å². The van der Waals surface area contributed by atoms with E-state index in [-0.39, 0.29) is 11.8 Å². The van der Waals surface area contributed by atoms with E-state index in [4.69, 9.17) is 9.72 Å². The molecule has 1 amide bonds. The Morgan fingerprint density at radius 1 is 1.00 bits per heavy atom. The number of carbonyl (C=O) groups excluding carboxylic acids is 1. The lowest BCUT2D eigenvalue weighted by Crippen LogP contribution is -2.26. The number of carbonyl (C=O) groups is 1. The number of hydrogen-bond acceptors (Lipinski definition) is 3. The van der Waals surface area contributed by atoms with Gasteiger partial charge < -0.3 is 14.6 Å². The molecule has 0 bridgehead atoms. The number of amides is 1. The van der Waals surface area contributed by atoms with Gasteiger partial charge in [0.15, 0.2) is 0 Å². The van der Waals surface area contributed by atoms with Crippen molar-refractivity contribution < 1.29 is 9.53 Å². The molecule has 0 spiro atoms. The van der Waals surface area contributed by atoms with E-state index >= 15 is 0 Å². The minimum absolute atomic E-state index is 0.212. The molecule has 1 heterocycles. The van der Waals surface area contributed by atoms with Crippen LogP contribution in [0.1, 0.15) is 31.5 Å². The van der Waals surface area contributed by atoms with Gasteiger partial charge in [-0.1, -0.05) is 48.5 Å². The lowest BCUT2D eigenvalue weighted by Gasteiger charge is -2.12. The van der Waals surface area contributed by atoms with Crippen molar-refractivity contribution in [3.63, 3.8) is 0 Å². The molecule has 5 heteroatoms. The highest BCUT2D eigenvalue weighted by Crippen LogP contribution is 2.28. The van der Waals surface area contributed by atoms with E-state index in [1.54, 1.807) is 0 Å². The highest BCUT2D eigenvalue weighted by Gasteiger charge is 2.29. The second-order valence-electron chi connectivity index (χ2n) is 8.52. The Morgan fingerprint density at radius 2 is 1.81 bits per heavy atom. The number of aryl methyl sites for hydroxylation is 2. The fourth-order valence-corrected chi connectivity index (χ4v) is 4.24. The molecule has 0 radical (unpaired) electrons. The number of fused-ring (bicyclic) bond motifs is 2. The first-order valence-corrected chi connectivity index (χ1v) is 11.6. The van der Waals surface area contributed by atoms with Crippen molar-refractivity contribution in [2.24, 2.45) is 5.92 Å². The number of ether oxygens (including phenoxy) is 1. The van der Waals surface area contributed by atoms with E-state index < -0.39 is 0 Å². The van der Waals surface area contributed by atoms with Crippen molar-refractivity contribution >= 4 is 27.7 Å². The number of aromatic nitrogens is 2. The Labute approximate surface area is 188 Å². The molecule has 1 aromatic heterocycles. The third kappa shape index (κ3) is 4.62. The zero-order chi connectivity index (χ0) is 21.8. The summed E-state index contributed by atoms with van der Waals surface area (Å²) in [6.07, 6.45) is 4.73. The highest BCUT2D eigenvalue weighted by molar-refractivity contribution is 5.88. The lowest BCUT2D eigenvalue weighted by atomic mass is 10.1. The Morgan fingerprint density at radius 3 is 2.72 bits per heavy atom. The third-order valence-corrected chi connectivity index (χ3v) is 6.09. The highest BCUT2D eigenvalue weighted by atomic mass is 16.5. The van der Waals surface area contributed by atoms with Crippen LogP contribution in [0.25, 0.3) is 21.8 Å². The first-order valence-electron chi connectivity index (χ1n) is 11.6. The van der Waals surface area contributed by atoms with Crippen LogP contribution in [0.2, 0.25) is 0 Å². The summed E-state index contributed by atoms with van der Waals surface area (Å²) in [5.41, 5.74) is 2.19. The molecule has 4 aromatic rings. The van der Waals surface area contributed by atoms with Gasteiger partial charge in [0.1, 0.15) is 11.6 Å². The largest absolute Gasteiger partial charge is 0.493 e. The number of para-hydroxylation sites is 2. The SMILES string of the molecule is O=C(NCCCc1nc2ccccc2n1CCCOc1cccc2ccccc12)C1CC1. The summed E-state index contributed by atoms with van der Waals surface area (Å²) in [5.74, 6) is 2.49. The average Bonchev–Trinajstić information content (AvgIpc) is 3.62. The van der Waals surface area contributed by atoms with E-state index in [0.717, 1.165) is 66.6 Å². The maximum absolute atomic E-state index is 11.9. The van der Waals surface area contributed by atoms with Crippen LogP contribution in [0, 0.1) is 5.92 Å². The molecule has 1 aliphatic rings. The van der Waals surface area contributed by atoms with Gasteiger partial charge in [0, 0.05) is 30.8 Å². The van der Waals surface area contributed by atoms with Crippen molar-refractivity contribution in [2.75, 3.05) is 13.2 Å². The van der Waals surface area contributed by atoms with Crippen molar-refractivity contribution in [1.82, 2.24) is 14.9 Å². The van der Waals surface area contributed by atoms with Crippen LogP contribution in [-0.2, 0) is 17.8 Å². The van der Waals surface area contributed by atoms with Crippen molar-refractivity contribution in [3.8, 4) is 5.75 Å². The van der Waals surface area contributed by atoms with E-state index in [0.29, 0.717) is 13.2 Å². The van der Waals surface area contributed by atoms with Gasteiger partial charge in [-0.05, 0) is 49.3 Å². The van der Waals surface area contributed by atoms with Gasteiger partial charge in [0.25, 0.3) is 0 Å². The van der Waals surface area contributed by atoms with Crippen LogP contribution >= 0.6 is 0 Å². The normalized spacial score (nSPS) is 13.5. The summed E-state index contributed by atoms with van der Waals surface area (Å²) in [4.78, 5) is 16.7. The van der Waals surface area contributed by atoms with Gasteiger partial charge in [-0.3, -0.25) is 4.79 Å². The predicted octanol–water partition coefficient (Wildman–Crippen LogP) is 5.12. The molecular weight excluding hydrogens is 398 g/mol. The Bertz CT molecular complexity index is 1220. The minimum atomic E-state index is 0.212. The van der Waals surface area contributed by atoms with Crippen LogP contribution in [0.5, 0.6) is 5.75 Å². The third-order valence-electron chi connectivity index (χ3n) is 6.09. The molecule has 0 atom stereocenters. The number of nitrogens with zero attached hydrogens (tertiary/aromatic N) is 2. The van der Waals surface area contributed by atoms with Gasteiger partial charge in [0.2, 0.25) is 5.91 Å². The molecule has 5 rings (SSSR count). The van der Waals surface area contributed by atoms with Crippen LogP contribution in [0.3, 0.4) is 0 Å². The number of imidazole rings is 1. The molecule has 1 saturated carbocycles. The maximum atomic E-state index is 11.9. The molecular formula is C27H29N3O2. The summed E-state index contributed by atoms with van der Waals surface area (Å²) >= 11 is 0. The molecule has 3 aromatic carbocycles. The average molecular weight is 428 g/mol. The van der Waals surface area contributed by atoms with Crippen molar-refractivity contribution in [2.45, 2.75) is 38.6 Å². The smallest absolute Gasteiger partial charge is 0.223 e. The molecule has 1 N–H and O–H groups in total. The van der Waals surface area contributed by atoms with Gasteiger partial charge in [0.05, 0.1) is 17.6 Å². The van der Waals surface area contributed by atoms with Crippen molar-refractivity contribution in [3.05, 3.63) is 72.6 Å². The van der Waals surface area contributed by atoms with Gasteiger partial charge >= 0.3 is 0 Å². The molecule has 32 heavy (non-hydrogen) atoms. The zero-order valence-corrected chi connectivity index (χ0v) is 18.3. The molecule has 1 aliphatic carbocycles. The lowest BCUT2D eigenvalue weighted by molar-refractivity contribution is -0.122. The predicted molar refractivity (Wildman–Crippen MR) is 128 cm³/mol. The quantitative estimate of drug-likeness (QED) is 0.358. The molecule has 0 saturated heterocycles. The molecule has 5 nitrogen and oxygen atoms in total. The summed E-state index contributed by atoms with van der Waals surface area (Å²) < 4.78 is 8.45. The van der Waals surface area contributed by atoms with Crippen LogP contribution in [0.4, 0.5) is 0 Å². The van der Waals surface area contributed by atoms with Gasteiger partial charge in [-0.15, -0.1) is 0 Å². The van der Waals surface area contributed by atoms with E-state index in [2.05, 4.69) is 52.3 Å². The molecule has 0 unspecified atom stereocenters. The topological polar surface area (TPSA) is 56.2 Å². The van der Waals surface area contributed by atoms with E-state index in [9.17, 15) is 4.79 Å². The van der Waals surface area contributed by atoms with Gasteiger partial charge in [-0.2, -0.15) is 0 Å². The Hall–Kier alpha value is -3.34. The number of nitrogens with one attached hydrogen (secondary N) is 1. The molecule has 1 fully saturated rings. The van der Waals surface area contributed by atoms with Crippen molar-refractivity contribution in [1.29, 1.82) is 0 Å². The second-order valence-corrected chi connectivity index (χ2v) is 8.52. The summed E-state index contributed by atoms with van der Waals surface area (Å²) in [5, 5.41) is 5.40. The van der Waals surface area contributed by atoms with E-state index in [1.165, 1.54) is 5.39 Å². The number of benzene rings is 3. The summed E-state index contributed by atoms with van der Waals surface area (Å²) in [7, 11) is 0. The van der Waals surface area contributed by atoms with Crippen LogP contribution in [0.15, 0.2) is 66.7 Å². The first kappa shape index (κ1) is 20.6. The standard InChI is InChI=1S/C27H29N3O2/c31-27(21-15-16-21)28-17-6-14-26-29-23-11-3-4-12-24(23)30(26)18-7-19-32-25-13-5-9-20-8-1-2-10-22(20)25/h1-5,8-13,21H,6-7,14-19H2,(H,28,31). The number of rotatable bonds is 10. The fraction of sp³-hybridized carbons (Fsp3) is 0.333. The first-order chi connectivity index (χ1) is 15.8. The summed E-state index contributed by atoms with van der Waals surface area (Å²) in [6, 6.07) is 22.8. The van der Waals surface area contributed by atoms with Crippen LogP contribution < -0.4 is 10.1 Å². The Kier molecular flexibility index (Phi) is 6.06. The van der Waals surface area contributed by atoms with Crippen LogP contribution in [-0.4, -0.2) is 28.6 Å². The van der Waals surface area contributed by atoms with E-state index in [1.807, 2.05) is 24.3 Å². The summed E-state index contributed by atoms with van der Waals surface area (Å²) in [6.45, 7) is 2.22. The molecule has 164 valence electrons. The monoisotopic (exact) mass is 427 g/mol.